The smallest absolute Gasteiger partial charge is 0.198 e. The first-order chi connectivity index (χ1) is 7.61. The van der Waals surface area contributed by atoms with Crippen molar-refractivity contribution in [1.29, 1.82) is 0 Å². The van der Waals surface area contributed by atoms with Crippen LogP contribution in [0.25, 0.3) is 11.1 Å². The lowest BCUT2D eigenvalue weighted by molar-refractivity contribution is 0.100. The second-order valence-corrected chi connectivity index (χ2v) is 4.02. The molecule has 2 rings (SSSR count). The van der Waals surface area contributed by atoms with Crippen molar-refractivity contribution in [3.63, 3.8) is 0 Å². The summed E-state index contributed by atoms with van der Waals surface area (Å²) in [6, 6.07) is 5.20. The fourth-order valence-electron chi connectivity index (χ4n) is 1.48. The predicted octanol–water partition coefficient (Wildman–Crippen LogP) is 2.09. The second-order valence-electron chi connectivity index (χ2n) is 4.02. The largest absolute Gasteiger partial charge is 0.440 e. The normalized spacial score (nSPS) is 11.2. The van der Waals surface area contributed by atoms with Gasteiger partial charge in [-0.2, -0.15) is 0 Å². The van der Waals surface area contributed by atoms with Crippen LogP contribution >= 0.6 is 0 Å². The van der Waals surface area contributed by atoms with Crippen LogP contribution in [-0.2, 0) is 0 Å². The maximum atomic E-state index is 11.4. The van der Waals surface area contributed by atoms with E-state index in [2.05, 4.69) is 4.98 Å². The van der Waals surface area contributed by atoms with Crippen LogP contribution in [0.15, 0.2) is 22.6 Å². The van der Waals surface area contributed by atoms with E-state index < -0.39 is 0 Å². The molecule has 0 amide bonds. The van der Waals surface area contributed by atoms with Crippen molar-refractivity contribution in [2.75, 3.05) is 6.54 Å². The van der Waals surface area contributed by atoms with Crippen LogP contribution < -0.4 is 5.73 Å². The Bertz CT molecular complexity index is 529. The maximum Gasteiger partial charge on any atom is 0.198 e. The average Bonchev–Trinajstić information content (AvgIpc) is 2.70. The van der Waals surface area contributed by atoms with E-state index in [-0.39, 0.29) is 18.2 Å². The van der Waals surface area contributed by atoms with Gasteiger partial charge in [0.05, 0.1) is 6.54 Å². The molecule has 0 saturated carbocycles. The third-order valence-corrected chi connectivity index (χ3v) is 2.41. The molecular formula is C12H14N2O2. The Balaban J connectivity index is 2.49. The van der Waals surface area contributed by atoms with E-state index in [9.17, 15) is 4.79 Å². The standard InChI is InChI=1S/C12H14N2O2/c1-7(2)12-14-9-5-8(10(15)6-13)3-4-11(9)16-12/h3-5,7H,6,13H2,1-2H3. The molecule has 0 fully saturated rings. The number of aromatic nitrogens is 1. The van der Waals surface area contributed by atoms with Crippen LogP contribution in [0.1, 0.15) is 36.0 Å². The summed E-state index contributed by atoms with van der Waals surface area (Å²) in [5, 5.41) is 0. The minimum absolute atomic E-state index is 0.0143. The number of oxazole rings is 1. The van der Waals surface area contributed by atoms with Crippen molar-refractivity contribution in [1.82, 2.24) is 4.98 Å². The number of Topliss-reactive ketones (excluding diaryl/α,β-unsaturated/α-hetero) is 1. The van der Waals surface area contributed by atoms with Crippen molar-refractivity contribution in [2.24, 2.45) is 5.73 Å². The van der Waals surface area contributed by atoms with E-state index in [0.29, 0.717) is 22.6 Å². The number of hydrogen-bond acceptors (Lipinski definition) is 4. The SMILES string of the molecule is CC(C)c1nc2cc(C(=O)CN)ccc2o1. The van der Waals surface area contributed by atoms with E-state index in [4.69, 9.17) is 10.2 Å². The third-order valence-electron chi connectivity index (χ3n) is 2.41. The van der Waals surface area contributed by atoms with Crippen LogP contribution in [0.5, 0.6) is 0 Å². The molecule has 0 radical (unpaired) electrons. The molecule has 0 aliphatic rings. The van der Waals surface area contributed by atoms with Crippen LogP contribution in [0.2, 0.25) is 0 Å². The Morgan fingerprint density at radius 1 is 1.50 bits per heavy atom. The first-order valence-electron chi connectivity index (χ1n) is 5.25. The topological polar surface area (TPSA) is 69.1 Å². The lowest BCUT2D eigenvalue weighted by atomic mass is 10.1. The van der Waals surface area contributed by atoms with Crippen molar-refractivity contribution in [3.8, 4) is 0 Å². The molecule has 16 heavy (non-hydrogen) atoms. The Morgan fingerprint density at radius 3 is 2.88 bits per heavy atom. The summed E-state index contributed by atoms with van der Waals surface area (Å²) >= 11 is 0. The van der Waals surface area contributed by atoms with Gasteiger partial charge in [-0.3, -0.25) is 4.79 Å². The van der Waals surface area contributed by atoms with E-state index in [1.54, 1.807) is 18.2 Å². The van der Waals surface area contributed by atoms with E-state index in [1.807, 2.05) is 13.8 Å². The monoisotopic (exact) mass is 218 g/mol. The van der Waals surface area contributed by atoms with Gasteiger partial charge in [0.25, 0.3) is 0 Å². The molecule has 1 aromatic heterocycles. The molecule has 2 N–H and O–H groups in total. The number of fused-ring (bicyclic) bond motifs is 1. The predicted molar refractivity (Wildman–Crippen MR) is 61.5 cm³/mol. The molecule has 84 valence electrons. The number of carbonyl (C=O) groups excluding carboxylic acids is 1. The van der Waals surface area contributed by atoms with Crippen molar-refractivity contribution >= 4 is 16.9 Å². The maximum absolute atomic E-state index is 11.4. The lowest BCUT2D eigenvalue weighted by Crippen LogP contribution is -2.13. The summed E-state index contributed by atoms with van der Waals surface area (Å²) in [6.07, 6.45) is 0. The highest BCUT2D eigenvalue weighted by Gasteiger charge is 2.11. The van der Waals surface area contributed by atoms with Crippen LogP contribution in [0, 0.1) is 0 Å². The Hall–Kier alpha value is -1.68. The zero-order chi connectivity index (χ0) is 11.7. The molecule has 0 saturated heterocycles. The van der Waals surface area contributed by atoms with Crippen LogP contribution in [-0.4, -0.2) is 17.3 Å². The summed E-state index contributed by atoms with van der Waals surface area (Å²) in [7, 11) is 0. The lowest BCUT2D eigenvalue weighted by Gasteiger charge is -1.95. The highest BCUT2D eigenvalue weighted by molar-refractivity contribution is 5.99. The zero-order valence-corrected chi connectivity index (χ0v) is 9.36. The fraction of sp³-hybridized carbons (Fsp3) is 0.333. The highest BCUT2D eigenvalue weighted by atomic mass is 16.3. The van der Waals surface area contributed by atoms with Gasteiger partial charge in [0, 0.05) is 11.5 Å². The minimum Gasteiger partial charge on any atom is -0.440 e. The molecule has 0 atom stereocenters. The van der Waals surface area contributed by atoms with Gasteiger partial charge in [0.15, 0.2) is 17.3 Å². The number of hydrogen-bond donors (Lipinski definition) is 1. The van der Waals surface area contributed by atoms with Crippen LogP contribution in [0.3, 0.4) is 0 Å². The van der Waals surface area contributed by atoms with Gasteiger partial charge in [-0.15, -0.1) is 0 Å². The summed E-state index contributed by atoms with van der Waals surface area (Å²) in [5.74, 6) is 0.837. The molecule has 1 aromatic carbocycles. The quantitative estimate of drug-likeness (QED) is 0.801. The highest BCUT2D eigenvalue weighted by Crippen LogP contribution is 2.21. The molecule has 0 bridgehead atoms. The van der Waals surface area contributed by atoms with Crippen molar-refractivity contribution in [2.45, 2.75) is 19.8 Å². The average molecular weight is 218 g/mol. The molecule has 1 heterocycles. The number of carbonyl (C=O) groups is 1. The van der Waals surface area contributed by atoms with Crippen molar-refractivity contribution in [3.05, 3.63) is 29.7 Å². The number of nitrogens with two attached hydrogens (primary N) is 1. The van der Waals surface area contributed by atoms with E-state index >= 15 is 0 Å². The molecule has 4 heteroatoms. The van der Waals surface area contributed by atoms with Gasteiger partial charge in [-0.1, -0.05) is 13.8 Å². The van der Waals surface area contributed by atoms with E-state index in [0.717, 1.165) is 0 Å². The number of benzene rings is 1. The van der Waals surface area contributed by atoms with Gasteiger partial charge in [-0.25, -0.2) is 4.98 Å². The van der Waals surface area contributed by atoms with Gasteiger partial charge in [-0.05, 0) is 18.2 Å². The molecule has 2 aromatic rings. The molecule has 0 aliphatic heterocycles. The Labute approximate surface area is 93.5 Å². The number of ketones is 1. The number of rotatable bonds is 3. The molecular weight excluding hydrogens is 204 g/mol. The molecule has 4 nitrogen and oxygen atoms in total. The first-order valence-corrected chi connectivity index (χ1v) is 5.25. The molecule has 0 spiro atoms. The summed E-state index contributed by atoms with van der Waals surface area (Å²) < 4.78 is 5.54. The van der Waals surface area contributed by atoms with Gasteiger partial charge in [0.2, 0.25) is 0 Å². The molecule has 0 unspecified atom stereocenters. The van der Waals surface area contributed by atoms with Crippen molar-refractivity contribution < 1.29 is 9.21 Å². The fourth-order valence-corrected chi connectivity index (χ4v) is 1.48. The van der Waals surface area contributed by atoms with Gasteiger partial charge >= 0.3 is 0 Å². The Kier molecular flexibility index (Phi) is 2.75. The zero-order valence-electron chi connectivity index (χ0n) is 9.36. The minimum atomic E-state index is -0.0870. The third kappa shape index (κ3) is 1.84. The Morgan fingerprint density at radius 2 is 2.25 bits per heavy atom. The first kappa shape index (κ1) is 10.8. The second kappa shape index (κ2) is 4.06. The van der Waals surface area contributed by atoms with Gasteiger partial charge in [0.1, 0.15) is 5.52 Å². The molecule has 0 aliphatic carbocycles. The summed E-state index contributed by atoms with van der Waals surface area (Å²) in [5.41, 5.74) is 7.31. The number of nitrogens with zero attached hydrogens (tertiary/aromatic N) is 1. The van der Waals surface area contributed by atoms with Crippen LogP contribution in [0.4, 0.5) is 0 Å². The summed E-state index contributed by atoms with van der Waals surface area (Å²) in [4.78, 5) is 15.7. The van der Waals surface area contributed by atoms with Gasteiger partial charge < -0.3 is 10.2 Å². The van der Waals surface area contributed by atoms with E-state index in [1.165, 1.54) is 0 Å². The summed E-state index contributed by atoms with van der Waals surface area (Å²) in [6.45, 7) is 4.04.